The lowest BCUT2D eigenvalue weighted by Crippen LogP contribution is -2.42. The third-order valence-electron chi connectivity index (χ3n) is 1.21. The number of aliphatic hydroxyl groups is 1. The van der Waals surface area contributed by atoms with E-state index in [0.717, 1.165) is 6.42 Å². The van der Waals surface area contributed by atoms with Crippen molar-refractivity contribution >= 4 is 18.2 Å². The molecular weight excluding hydrogens is 275 g/mol. The summed E-state index contributed by atoms with van der Waals surface area (Å²) in [6.45, 7) is 5.70. The molecule has 0 saturated carbocycles. The molecule has 0 aromatic rings. The number of carbonyl (C=O) groups excluding carboxylic acids is 3. The summed E-state index contributed by atoms with van der Waals surface area (Å²) in [6.07, 6.45) is -0.969. The van der Waals surface area contributed by atoms with Crippen molar-refractivity contribution in [3.05, 3.63) is 0 Å². The van der Waals surface area contributed by atoms with Crippen molar-refractivity contribution in [3.63, 3.8) is 0 Å². The molecule has 3 N–H and O–H groups in total. The molecule has 0 radical (unpaired) electrons. The summed E-state index contributed by atoms with van der Waals surface area (Å²) >= 11 is 0. The maximum absolute atomic E-state index is 10.8. The Labute approximate surface area is 117 Å². The van der Waals surface area contributed by atoms with E-state index in [1.165, 1.54) is 0 Å². The Kier molecular flexibility index (Phi) is 22.6. The monoisotopic (exact) mass is 298 g/mol. The van der Waals surface area contributed by atoms with Crippen LogP contribution in [0, 0.1) is 0 Å². The van der Waals surface area contributed by atoms with Crippen molar-refractivity contribution in [2.75, 3.05) is 27.0 Å². The number of alkyl carbamates (subject to hydrolysis) is 2. The second-order valence-electron chi connectivity index (χ2n) is 2.74. The quantitative estimate of drug-likeness (QED) is 0.728. The molecule has 0 heterocycles. The van der Waals surface area contributed by atoms with Gasteiger partial charge in [0.15, 0.2) is 0 Å². The Bertz CT molecular complexity index is 239. The molecule has 120 valence electrons. The number of imide groups is 2. The summed E-state index contributed by atoms with van der Waals surface area (Å²) in [4.78, 5) is 32.1. The molecule has 4 amide bonds. The van der Waals surface area contributed by atoms with Crippen LogP contribution < -0.4 is 10.6 Å². The molecule has 20 heavy (non-hydrogen) atoms. The molecule has 0 aliphatic heterocycles. The lowest BCUT2D eigenvalue weighted by molar-refractivity contribution is 0.146. The van der Waals surface area contributed by atoms with Gasteiger partial charge in [0.1, 0.15) is 0 Å². The molecule has 0 saturated heterocycles. The maximum Gasteiger partial charge on any atom is 0.415 e. The lowest BCUT2D eigenvalue weighted by Gasteiger charge is -2.04. The Morgan fingerprint density at radius 3 is 1.45 bits per heavy atom. The van der Waals surface area contributed by atoms with Crippen LogP contribution in [0.4, 0.5) is 18.8 Å². The van der Waals surface area contributed by atoms with Crippen molar-refractivity contribution in [2.45, 2.75) is 27.2 Å². The SMILES string of the molecule is CCCO.CCOC(=O)NC(=O)NC(=O)OCC.CF. The molecule has 0 atom stereocenters. The molecular formula is C11H23FN2O6. The van der Waals surface area contributed by atoms with Crippen LogP contribution in [0.5, 0.6) is 0 Å². The average Bonchev–Trinajstić information content (AvgIpc) is 2.41. The Hall–Kier alpha value is -1.90. The second kappa shape index (κ2) is 19.4. The Morgan fingerprint density at radius 1 is 0.950 bits per heavy atom. The number of hydrogen-bond donors (Lipinski definition) is 3. The number of hydrogen-bond acceptors (Lipinski definition) is 6. The highest BCUT2D eigenvalue weighted by Crippen LogP contribution is 1.79. The fraction of sp³-hybridized carbons (Fsp3) is 0.727. The summed E-state index contributed by atoms with van der Waals surface area (Å²) < 4.78 is 18.3. The van der Waals surface area contributed by atoms with Crippen LogP contribution in [0.15, 0.2) is 0 Å². The van der Waals surface area contributed by atoms with Crippen molar-refractivity contribution in [2.24, 2.45) is 0 Å². The number of nitrogens with one attached hydrogen (secondary N) is 2. The number of halogens is 1. The summed E-state index contributed by atoms with van der Waals surface area (Å²) in [5.41, 5.74) is 0. The predicted molar refractivity (Wildman–Crippen MR) is 70.1 cm³/mol. The van der Waals surface area contributed by atoms with E-state index >= 15 is 0 Å². The van der Waals surface area contributed by atoms with E-state index in [1.807, 2.05) is 6.92 Å². The third kappa shape index (κ3) is 21.4. The van der Waals surface area contributed by atoms with E-state index in [4.69, 9.17) is 5.11 Å². The van der Waals surface area contributed by atoms with Crippen molar-refractivity contribution < 1.29 is 33.4 Å². The van der Waals surface area contributed by atoms with Gasteiger partial charge in [0.25, 0.3) is 0 Å². The smallest absolute Gasteiger partial charge is 0.415 e. The molecule has 9 heteroatoms. The van der Waals surface area contributed by atoms with Crippen LogP contribution in [0.3, 0.4) is 0 Å². The molecule has 0 aliphatic rings. The minimum atomic E-state index is -0.984. The highest BCUT2D eigenvalue weighted by atomic mass is 19.1. The van der Waals surface area contributed by atoms with E-state index in [2.05, 4.69) is 9.47 Å². The van der Waals surface area contributed by atoms with Crippen LogP contribution in [0.25, 0.3) is 0 Å². The highest BCUT2D eigenvalue weighted by Gasteiger charge is 2.11. The van der Waals surface area contributed by atoms with Gasteiger partial charge in [-0.3, -0.25) is 4.39 Å². The second-order valence-corrected chi connectivity index (χ2v) is 2.74. The fourth-order valence-electron chi connectivity index (χ4n) is 0.551. The van der Waals surface area contributed by atoms with Crippen molar-refractivity contribution in [3.8, 4) is 0 Å². The van der Waals surface area contributed by atoms with Gasteiger partial charge in [-0.25, -0.2) is 25.0 Å². The van der Waals surface area contributed by atoms with Crippen LogP contribution in [0.2, 0.25) is 0 Å². The molecule has 0 aliphatic carbocycles. The molecule has 8 nitrogen and oxygen atoms in total. The van der Waals surface area contributed by atoms with E-state index in [9.17, 15) is 18.8 Å². The van der Waals surface area contributed by atoms with Crippen LogP contribution in [-0.4, -0.2) is 50.3 Å². The van der Waals surface area contributed by atoms with Gasteiger partial charge < -0.3 is 14.6 Å². The first-order valence-corrected chi connectivity index (χ1v) is 5.91. The van der Waals surface area contributed by atoms with Gasteiger partial charge in [-0.1, -0.05) is 6.92 Å². The molecule has 0 spiro atoms. The van der Waals surface area contributed by atoms with Gasteiger partial charge in [0, 0.05) is 6.61 Å². The molecule has 0 rings (SSSR count). The third-order valence-corrected chi connectivity index (χ3v) is 1.21. The number of rotatable bonds is 3. The number of alkyl halides is 1. The lowest BCUT2D eigenvalue weighted by atomic mass is 10.5. The summed E-state index contributed by atoms with van der Waals surface area (Å²) in [7, 11) is 0.500. The van der Waals surface area contributed by atoms with Gasteiger partial charge >= 0.3 is 18.2 Å². The standard InChI is InChI=1S/C7H12N2O5.C3H8O.CH3F/c1-3-13-6(11)8-5(10)9-7(12)14-4-2;1-2-3-4;1-2/h3-4H2,1-2H3,(H2,8,9,10,11,12);4H,2-3H2,1H3;1H3. The number of ether oxygens (including phenoxy) is 2. The normalized spacial score (nSPS) is 7.90. The number of urea groups is 1. The Balaban J connectivity index is -0.000000410. The number of aliphatic hydroxyl groups excluding tert-OH is 1. The van der Waals surface area contributed by atoms with Crippen molar-refractivity contribution in [1.29, 1.82) is 0 Å². The number of amides is 4. The molecule has 0 fully saturated rings. The minimum Gasteiger partial charge on any atom is -0.450 e. The van der Waals surface area contributed by atoms with E-state index in [-0.39, 0.29) is 13.2 Å². The first kappa shape index (κ1) is 23.2. The Morgan fingerprint density at radius 2 is 1.25 bits per heavy atom. The topological polar surface area (TPSA) is 114 Å². The molecule has 0 bridgehead atoms. The van der Waals surface area contributed by atoms with Crippen LogP contribution >= 0.6 is 0 Å². The molecule has 0 unspecified atom stereocenters. The first-order chi connectivity index (χ1) is 9.51. The van der Waals surface area contributed by atoms with E-state index in [1.54, 1.807) is 24.5 Å². The van der Waals surface area contributed by atoms with Gasteiger partial charge in [-0.05, 0) is 20.3 Å². The van der Waals surface area contributed by atoms with Gasteiger partial charge in [0.2, 0.25) is 0 Å². The molecule has 0 aromatic carbocycles. The zero-order valence-electron chi connectivity index (χ0n) is 12.2. The van der Waals surface area contributed by atoms with E-state index < -0.39 is 18.2 Å². The predicted octanol–water partition coefficient (Wildman–Crippen LogP) is 1.57. The van der Waals surface area contributed by atoms with Crippen molar-refractivity contribution in [1.82, 2.24) is 10.6 Å². The van der Waals surface area contributed by atoms with Gasteiger partial charge in [-0.15, -0.1) is 0 Å². The number of carbonyl (C=O) groups is 3. The van der Waals surface area contributed by atoms with Gasteiger partial charge in [0.05, 0.1) is 20.4 Å². The van der Waals surface area contributed by atoms with Crippen LogP contribution in [-0.2, 0) is 9.47 Å². The molecule has 0 aromatic heterocycles. The minimum absolute atomic E-state index is 0.137. The maximum atomic E-state index is 10.8. The largest absolute Gasteiger partial charge is 0.450 e. The van der Waals surface area contributed by atoms with Gasteiger partial charge in [-0.2, -0.15) is 0 Å². The van der Waals surface area contributed by atoms with Crippen LogP contribution in [0.1, 0.15) is 27.2 Å². The first-order valence-electron chi connectivity index (χ1n) is 5.91. The summed E-state index contributed by atoms with van der Waals surface area (Å²) in [5.74, 6) is 0. The summed E-state index contributed by atoms with van der Waals surface area (Å²) in [6, 6.07) is -0.984. The van der Waals surface area contributed by atoms with E-state index in [0.29, 0.717) is 13.8 Å². The fourth-order valence-corrected chi connectivity index (χ4v) is 0.551. The summed E-state index contributed by atoms with van der Waals surface area (Å²) in [5, 5.41) is 11.4. The zero-order valence-corrected chi connectivity index (χ0v) is 12.2. The average molecular weight is 298 g/mol. The highest BCUT2D eigenvalue weighted by molar-refractivity contribution is 5.98. The zero-order chi connectivity index (χ0) is 16.4.